The average Bonchev–Trinajstić information content (AvgIpc) is 2.15. The quantitative estimate of drug-likeness (QED) is 0.721. The second-order valence-electron chi connectivity index (χ2n) is 3.24. The zero-order valence-corrected chi connectivity index (χ0v) is 9.51. The molecule has 0 N–H and O–H groups in total. The van der Waals surface area contributed by atoms with E-state index in [1.165, 1.54) is 0 Å². The van der Waals surface area contributed by atoms with Crippen LogP contribution in [0.15, 0.2) is 35.4 Å². The zero-order valence-electron chi connectivity index (χ0n) is 7.94. The van der Waals surface area contributed by atoms with Crippen molar-refractivity contribution in [1.82, 2.24) is 4.98 Å². The van der Waals surface area contributed by atoms with Crippen LogP contribution in [0.5, 0.6) is 0 Å². The van der Waals surface area contributed by atoms with Gasteiger partial charge in [-0.2, -0.15) is 0 Å². The molecule has 15 heavy (non-hydrogen) atoms. The molecule has 0 aliphatic carbocycles. The van der Waals surface area contributed by atoms with Gasteiger partial charge in [0.25, 0.3) is 9.05 Å². The third kappa shape index (κ3) is 1.96. The Labute approximate surface area is 92.1 Å². The average molecular weight is 242 g/mol. The van der Waals surface area contributed by atoms with Gasteiger partial charge in [-0.15, -0.1) is 0 Å². The van der Waals surface area contributed by atoms with Gasteiger partial charge in [0.2, 0.25) is 0 Å². The van der Waals surface area contributed by atoms with Gasteiger partial charge >= 0.3 is 0 Å². The predicted octanol–water partition coefficient (Wildman–Crippen LogP) is 2.47. The van der Waals surface area contributed by atoms with E-state index in [1.54, 1.807) is 25.1 Å². The summed E-state index contributed by atoms with van der Waals surface area (Å²) in [7, 11) is 1.51. The van der Waals surface area contributed by atoms with E-state index < -0.39 is 9.05 Å². The molecule has 5 heteroatoms. The van der Waals surface area contributed by atoms with E-state index in [4.69, 9.17) is 10.7 Å². The molecule has 1 aromatic heterocycles. The number of para-hydroxylation sites is 1. The minimum absolute atomic E-state index is 0.0668. The first-order valence-electron chi connectivity index (χ1n) is 4.29. The molecule has 78 valence electrons. The van der Waals surface area contributed by atoms with E-state index >= 15 is 0 Å². The third-order valence-corrected chi connectivity index (χ3v) is 3.41. The molecule has 0 saturated carbocycles. The summed E-state index contributed by atoms with van der Waals surface area (Å²) in [4.78, 5) is 4.03. The van der Waals surface area contributed by atoms with Gasteiger partial charge in [0.05, 0.1) is 5.52 Å². The highest BCUT2D eigenvalue weighted by Crippen LogP contribution is 2.21. The Balaban J connectivity index is 2.84. The van der Waals surface area contributed by atoms with Crippen molar-refractivity contribution >= 4 is 30.6 Å². The van der Waals surface area contributed by atoms with Crippen LogP contribution < -0.4 is 0 Å². The molecule has 1 aromatic carbocycles. The third-order valence-electron chi connectivity index (χ3n) is 2.10. The summed E-state index contributed by atoms with van der Waals surface area (Å²) < 4.78 is 22.4. The molecule has 1 heterocycles. The number of aryl methyl sites for hydroxylation is 1. The smallest absolute Gasteiger partial charge is 0.235 e. The van der Waals surface area contributed by atoms with Crippen LogP contribution in [0.2, 0.25) is 0 Å². The minimum Gasteiger partial charge on any atom is -0.235 e. The molecule has 0 saturated heterocycles. The fourth-order valence-corrected chi connectivity index (χ4v) is 2.57. The second kappa shape index (κ2) is 3.47. The fraction of sp³-hybridized carbons (Fsp3) is 0.100. The number of fused-ring (bicyclic) bond motifs is 1. The first kappa shape index (κ1) is 10.4. The lowest BCUT2D eigenvalue weighted by Gasteiger charge is -2.03. The van der Waals surface area contributed by atoms with Crippen LogP contribution in [-0.2, 0) is 9.05 Å². The van der Waals surface area contributed by atoms with E-state index in [0.29, 0.717) is 11.1 Å². The molecular weight excluding hydrogens is 234 g/mol. The van der Waals surface area contributed by atoms with E-state index in [2.05, 4.69) is 4.98 Å². The van der Waals surface area contributed by atoms with E-state index in [9.17, 15) is 8.42 Å². The zero-order chi connectivity index (χ0) is 11.1. The maximum Gasteiger partial charge on any atom is 0.278 e. The van der Waals surface area contributed by atoms with Crippen molar-refractivity contribution in [2.24, 2.45) is 0 Å². The number of halogens is 1. The molecule has 0 amide bonds. The monoisotopic (exact) mass is 241 g/mol. The van der Waals surface area contributed by atoms with Crippen LogP contribution >= 0.6 is 10.7 Å². The number of hydrogen-bond acceptors (Lipinski definition) is 3. The van der Waals surface area contributed by atoms with E-state index in [-0.39, 0.29) is 5.03 Å². The Morgan fingerprint density at radius 3 is 2.60 bits per heavy atom. The van der Waals surface area contributed by atoms with Crippen molar-refractivity contribution in [3.05, 3.63) is 35.9 Å². The van der Waals surface area contributed by atoms with Gasteiger partial charge < -0.3 is 0 Å². The van der Waals surface area contributed by atoms with Gasteiger partial charge in [0.1, 0.15) is 0 Å². The van der Waals surface area contributed by atoms with E-state index in [0.717, 1.165) is 5.39 Å². The molecular formula is C10H8ClNO2S. The summed E-state index contributed by atoms with van der Waals surface area (Å²) in [5.74, 6) is 0. The SMILES string of the molecule is Cc1cc2ccccc2nc1S(=O)(=O)Cl. The lowest BCUT2D eigenvalue weighted by Crippen LogP contribution is -1.98. The molecule has 0 spiro atoms. The van der Waals surface area contributed by atoms with Crippen molar-refractivity contribution in [2.45, 2.75) is 11.9 Å². The molecule has 0 bridgehead atoms. The molecule has 0 atom stereocenters. The van der Waals surface area contributed by atoms with Gasteiger partial charge in [-0.25, -0.2) is 13.4 Å². The lowest BCUT2D eigenvalue weighted by molar-refractivity contribution is 0.606. The largest absolute Gasteiger partial charge is 0.278 e. The van der Waals surface area contributed by atoms with Crippen molar-refractivity contribution in [2.75, 3.05) is 0 Å². The molecule has 0 unspecified atom stereocenters. The van der Waals surface area contributed by atoms with Crippen molar-refractivity contribution in [1.29, 1.82) is 0 Å². The Bertz CT molecular complexity index is 622. The summed E-state index contributed by atoms with van der Waals surface area (Å²) in [5, 5.41) is 0.835. The topological polar surface area (TPSA) is 47.0 Å². The summed E-state index contributed by atoms with van der Waals surface area (Å²) in [5.41, 5.74) is 1.19. The Morgan fingerprint density at radius 1 is 1.27 bits per heavy atom. The standard InChI is InChI=1S/C10H8ClNO2S/c1-7-6-8-4-2-3-5-9(8)12-10(7)15(11,13)14/h2-6H,1H3. The first-order valence-corrected chi connectivity index (χ1v) is 6.60. The molecule has 0 aliphatic rings. The minimum atomic E-state index is -3.76. The highest BCUT2D eigenvalue weighted by atomic mass is 35.7. The van der Waals surface area contributed by atoms with Gasteiger partial charge in [0.15, 0.2) is 5.03 Å². The van der Waals surface area contributed by atoms with Gasteiger partial charge in [0, 0.05) is 16.1 Å². The fourth-order valence-electron chi connectivity index (χ4n) is 1.45. The summed E-state index contributed by atoms with van der Waals surface area (Å²) >= 11 is 0. The number of aromatic nitrogens is 1. The number of benzene rings is 1. The first-order chi connectivity index (χ1) is 6.98. The van der Waals surface area contributed by atoms with Crippen LogP contribution in [-0.4, -0.2) is 13.4 Å². The predicted molar refractivity (Wildman–Crippen MR) is 59.5 cm³/mol. The van der Waals surface area contributed by atoms with E-state index in [1.807, 2.05) is 12.1 Å². The Morgan fingerprint density at radius 2 is 1.93 bits per heavy atom. The van der Waals surface area contributed by atoms with Gasteiger partial charge in [-0.3, -0.25) is 0 Å². The highest BCUT2D eigenvalue weighted by molar-refractivity contribution is 8.13. The van der Waals surface area contributed by atoms with Crippen LogP contribution in [0.3, 0.4) is 0 Å². The normalized spacial score (nSPS) is 11.9. The summed E-state index contributed by atoms with van der Waals surface area (Å²) in [6, 6.07) is 9.06. The Hall–Kier alpha value is -1.13. The number of rotatable bonds is 1. The maximum atomic E-state index is 11.2. The van der Waals surface area contributed by atoms with Crippen LogP contribution in [0.1, 0.15) is 5.56 Å². The molecule has 3 nitrogen and oxygen atoms in total. The lowest BCUT2D eigenvalue weighted by atomic mass is 10.2. The number of nitrogens with zero attached hydrogens (tertiary/aromatic N) is 1. The highest BCUT2D eigenvalue weighted by Gasteiger charge is 2.15. The number of hydrogen-bond donors (Lipinski definition) is 0. The van der Waals surface area contributed by atoms with Gasteiger partial charge in [-0.1, -0.05) is 18.2 Å². The number of pyridine rings is 1. The molecule has 0 fully saturated rings. The van der Waals surface area contributed by atoms with Crippen molar-refractivity contribution < 1.29 is 8.42 Å². The second-order valence-corrected chi connectivity index (χ2v) is 5.72. The molecule has 2 aromatic rings. The van der Waals surface area contributed by atoms with Crippen LogP contribution in [0.25, 0.3) is 10.9 Å². The van der Waals surface area contributed by atoms with Crippen molar-refractivity contribution in [3.63, 3.8) is 0 Å². The molecule has 0 aliphatic heterocycles. The van der Waals surface area contributed by atoms with Crippen LogP contribution in [0, 0.1) is 6.92 Å². The van der Waals surface area contributed by atoms with Crippen LogP contribution in [0.4, 0.5) is 0 Å². The summed E-state index contributed by atoms with van der Waals surface area (Å²) in [6.07, 6.45) is 0. The summed E-state index contributed by atoms with van der Waals surface area (Å²) in [6.45, 7) is 1.68. The van der Waals surface area contributed by atoms with Gasteiger partial charge in [-0.05, 0) is 24.6 Å². The maximum absolute atomic E-state index is 11.2. The molecule has 2 rings (SSSR count). The van der Waals surface area contributed by atoms with Crippen molar-refractivity contribution in [3.8, 4) is 0 Å². The molecule has 0 radical (unpaired) electrons. The Kier molecular flexibility index (Phi) is 2.40.